The van der Waals surface area contributed by atoms with Crippen LogP contribution in [0.5, 0.6) is 23.0 Å². The quantitative estimate of drug-likeness (QED) is 0.0275. The summed E-state index contributed by atoms with van der Waals surface area (Å²) in [7, 11) is 0. The molecule has 0 aliphatic carbocycles. The number of ketones is 4. The molecule has 0 radical (unpaired) electrons. The van der Waals surface area contributed by atoms with E-state index in [1.165, 1.54) is 0 Å². The van der Waals surface area contributed by atoms with Crippen LogP contribution in [0.4, 0.5) is 0 Å². The van der Waals surface area contributed by atoms with Crippen LogP contribution in [0.1, 0.15) is 214 Å². The fourth-order valence-electron chi connectivity index (χ4n) is 13.0. The van der Waals surface area contributed by atoms with Crippen LogP contribution in [0.25, 0.3) is 0 Å². The van der Waals surface area contributed by atoms with Crippen LogP contribution in [0.2, 0.25) is 0 Å². The molecule has 12 rings (SSSR count). The first-order valence-electron chi connectivity index (χ1n) is 37.7. The Hall–Kier alpha value is -11.8. The fourth-order valence-corrected chi connectivity index (χ4v) is 13.0. The smallest absolute Gasteiger partial charge is 0.872 e. The molecule has 0 amide bonds. The van der Waals surface area contributed by atoms with Gasteiger partial charge in [-0.15, -0.1) is 0 Å². The molecule has 580 valence electrons. The minimum absolute atomic E-state index is 0. The van der Waals surface area contributed by atoms with Crippen molar-refractivity contribution in [1.29, 1.82) is 0 Å². The molecular formula is C100H92N4Ni2O8. The molecule has 0 heterocycles. The van der Waals surface area contributed by atoms with E-state index in [0.717, 1.165) is 44.5 Å². The van der Waals surface area contributed by atoms with Crippen LogP contribution in [-0.4, -0.2) is 72.2 Å². The predicted octanol–water partition coefficient (Wildman–Crippen LogP) is 18.5. The number of rotatable bonds is 22. The Morgan fingerprint density at radius 3 is 0.491 bits per heavy atom. The molecule has 0 fully saturated rings. The Bertz CT molecular complexity index is 4820. The minimum atomic E-state index is -0.395. The van der Waals surface area contributed by atoms with Gasteiger partial charge in [0.1, 0.15) is 0 Å². The zero-order chi connectivity index (χ0) is 80.1. The Morgan fingerprint density at radius 2 is 0.351 bits per heavy atom. The van der Waals surface area contributed by atoms with Crippen molar-refractivity contribution in [1.82, 2.24) is 0 Å². The second-order valence-corrected chi connectivity index (χ2v) is 31.8. The summed E-state index contributed by atoms with van der Waals surface area (Å²) in [4.78, 5) is 75.3. The first-order valence-corrected chi connectivity index (χ1v) is 37.7. The van der Waals surface area contributed by atoms with E-state index < -0.39 is 23.0 Å². The molecule has 0 N–H and O–H groups in total. The summed E-state index contributed by atoms with van der Waals surface area (Å²) >= 11 is 0. The van der Waals surface area contributed by atoms with Gasteiger partial charge in [0.15, 0.2) is 23.1 Å². The zero-order valence-electron chi connectivity index (χ0n) is 66.2. The molecule has 0 unspecified atom stereocenters. The number of nitrogens with zero attached hydrogens (tertiary/aromatic N) is 4. The van der Waals surface area contributed by atoms with E-state index in [-0.39, 0.29) is 126 Å². The molecule has 12 aromatic rings. The van der Waals surface area contributed by atoms with Gasteiger partial charge in [0.25, 0.3) is 0 Å². The first kappa shape index (κ1) is 86.2. The molecular weight excluding hydrogens is 1500 g/mol. The predicted molar refractivity (Wildman–Crippen MR) is 446 cm³/mol. The van der Waals surface area contributed by atoms with Crippen molar-refractivity contribution >= 4 is 46.0 Å². The fraction of sp³-hybridized carbons (Fsp3) is 0.200. The number of benzene rings is 12. The molecule has 0 aliphatic heterocycles. The van der Waals surface area contributed by atoms with E-state index in [2.05, 4.69) is 0 Å². The van der Waals surface area contributed by atoms with E-state index in [1.54, 1.807) is 121 Å². The summed E-state index contributed by atoms with van der Waals surface area (Å²) in [5.41, 5.74) is 10.0. The summed E-state index contributed by atoms with van der Waals surface area (Å²) in [6, 6.07) is 87.4. The first-order chi connectivity index (χ1) is 53.5. The average Bonchev–Trinajstić information content (AvgIpc) is 0.790. The Morgan fingerprint density at radius 1 is 0.219 bits per heavy atom. The largest absolute Gasteiger partial charge is 2.00 e. The third-order valence-corrected chi connectivity index (χ3v) is 19.4. The summed E-state index contributed by atoms with van der Waals surface area (Å²) in [5, 5.41) is 57.3. The summed E-state index contributed by atoms with van der Waals surface area (Å²) < 4.78 is 0. The molecule has 14 heteroatoms. The minimum Gasteiger partial charge on any atom is -0.872 e. The van der Waals surface area contributed by atoms with Crippen molar-refractivity contribution in [2.24, 2.45) is 20.0 Å². The molecule has 12 nitrogen and oxygen atoms in total. The second kappa shape index (κ2) is 37.7. The maximum absolute atomic E-state index is 14.3. The van der Waals surface area contributed by atoms with Crippen LogP contribution >= 0.6 is 0 Å². The van der Waals surface area contributed by atoms with Crippen LogP contribution in [0, 0.1) is 0 Å². The van der Waals surface area contributed by atoms with Gasteiger partial charge in [-0.3, -0.25) is 39.1 Å². The normalized spacial score (nSPS) is 12.2. The molecule has 12 aromatic carbocycles. The van der Waals surface area contributed by atoms with Crippen molar-refractivity contribution in [3.63, 3.8) is 0 Å². The van der Waals surface area contributed by atoms with Gasteiger partial charge in [-0.1, -0.05) is 349 Å². The van der Waals surface area contributed by atoms with Gasteiger partial charge in [-0.2, -0.15) is 0 Å². The summed E-state index contributed by atoms with van der Waals surface area (Å²) in [5.74, 6) is -2.96. The third-order valence-electron chi connectivity index (χ3n) is 19.4. The van der Waals surface area contributed by atoms with Crippen LogP contribution in [-0.2, 0) is 54.6 Å². The van der Waals surface area contributed by atoms with Crippen LogP contribution < -0.4 is 20.4 Å². The van der Waals surface area contributed by atoms with Gasteiger partial charge in [0.05, 0.1) is 49.0 Å². The zero-order valence-corrected chi connectivity index (χ0v) is 68.2. The van der Waals surface area contributed by atoms with Gasteiger partial charge in [-0.05, 0) is 115 Å². The van der Waals surface area contributed by atoms with Gasteiger partial charge in [0, 0.05) is 66.8 Å². The standard InChI is InChI=1S/2C50H48N2O4.2Ni/c2*1-49(2,3)37-29-39(47(55)41(31-37)45(53)35-23-15-9-16-24-35)43(33-19-11-7-12-20-33)51-27-28-52-44(34-21-13-8-14-22-34)40-30-38(50(4,5)6)32-42(48(40)56)46(54)36-25-17-10-18-26-36;;/h2*7-26,29-32,55-56H,27-28H2,1-6H3;;/q;;2*+2/p-4. The topological polar surface area (TPSA) is 210 Å². The molecule has 0 spiro atoms. The number of carbonyl (C=O) groups is 4. The molecule has 0 bridgehead atoms. The van der Waals surface area contributed by atoms with Crippen LogP contribution in [0.15, 0.2) is 311 Å². The third kappa shape index (κ3) is 20.7. The van der Waals surface area contributed by atoms with Gasteiger partial charge < -0.3 is 20.4 Å². The van der Waals surface area contributed by atoms with Gasteiger partial charge in [0.2, 0.25) is 0 Å². The molecule has 0 aromatic heterocycles. The van der Waals surface area contributed by atoms with Gasteiger partial charge in [-0.25, -0.2) is 0 Å². The maximum Gasteiger partial charge on any atom is 2.00 e. The number of carbonyl (C=O) groups excluding carboxylic acids is 4. The van der Waals surface area contributed by atoms with Crippen molar-refractivity contribution in [2.45, 2.75) is 105 Å². The summed E-state index contributed by atoms with van der Waals surface area (Å²) in [6.45, 7) is 25.2. The molecule has 0 saturated heterocycles. The average molecular weight is 1600 g/mol. The maximum atomic E-state index is 14.3. The van der Waals surface area contributed by atoms with Crippen molar-refractivity contribution in [3.05, 3.63) is 402 Å². The van der Waals surface area contributed by atoms with Crippen molar-refractivity contribution in [3.8, 4) is 23.0 Å². The van der Waals surface area contributed by atoms with E-state index in [9.17, 15) is 39.6 Å². The molecule has 0 aliphatic rings. The molecule has 0 saturated carbocycles. The van der Waals surface area contributed by atoms with E-state index in [1.807, 2.05) is 253 Å². The van der Waals surface area contributed by atoms with Crippen molar-refractivity contribution < 1.29 is 72.6 Å². The van der Waals surface area contributed by atoms with Crippen LogP contribution in [0.3, 0.4) is 0 Å². The van der Waals surface area contributed by atoms with E-state index in [0.29, 0.717) is 67.4 Å². The molecule has 0 atom stereocenters. The Kier molecular flexibility index (Phi) is 28.5. The Balaban J connectivity index is 0.000000257. The number of hydrogen-bond acceptors (Lipinski definition) is 12. The van der Waals surface area contributed by atoms with Crippen molar-refractivity contribution in [2.75, 3.05) is 26.2 Å². The SMILES string of the molecule is CC(C)(C)c1cc(C(=O)c2ccccc2)c([O-])c(C(=NCCN=C(c2ccccc2)c2cc(C(C)(C)C)cc(C(=O)c3ccccc3)c2[O-])c2ccccc2)c1.CC(C)(C)c1cc(C(=O)c2ccccc2)c([O-])c(C(=NCCN=C(c2ccccc2)c2cc(C(C)(C)C)cc(C(=O)c3ccccc3)c2[O-])c2ccccc2)c1.[Ni+2].[Ni+2]. The van der Waals surface area contributed by atoms with Gasteiger partial charge >= 0.3 is 33.0 Å². The monoisotopic (exact) mass is 1590 g/mol. The van der Waals surface area contributed by atoms with E-state index in [4.69, 9.17) is 20.0 Å². The second-order valence-electron chi connectivity index (χ2n) is 31.8. The Labute approximate surface area is 690 Å². The number of hydrogen-bond donors (Lipinski definition) is 0. The number of aliphatic imine (C=N–C) groups is 4. The summed E-state index contributed by atoms with van der Waals surface area (Å²) in [6.07, 6.45) is 0. The molecule has 114 heavy (non-hydrogen) atoms. The van der Waals surface area contributed by atoms with E-state index >= 15 is 0 Å².